The highest BCUT2D eigenvalue weighted by molar-refractivity contribution is 7.89. The van der Waals surface area contributed by atoms with Gasteiger partial charge in [0.05, 0.1) is 5.75 Å². The summed E-state index contributed by atoms with van der Waals surface area (Å²) in [6.07, 6.45) is 2.09. The first-order valence-electron chi connectivity index (χ1n) is 4.07. The Balaban J connectivity index is 2.35. The van der Waals surface area contributed by atoms with E-state index in [-0.39, 0.29) is 11.2 Å². The Morgan fingerprint density at radius 2 is 2.08 bits per heavy atom. The van der Waals surface area contributed by atoms with Crippen LogP contribution in [-0.2, 0) is 10.0 Å². The maximum Gasteiger partial charge on any atom is 0.211 e. The second-order valence-electron chi connectivity index (χ2n) is 3.36. The Hall–Kier alpha value is 0.200. The maximum absolute atomic E-state index is 11.0. The van der Waals surface area contributed by atoms with Gasteiger partial charge in [-0.3, -0.25) is 0 Å². The summed E-state index contributed by atoms with van der Waals surface area (Å²) in [6, 6.07) is 0. The molecule has 1 fully saturated rings. The molecule has 1 N–H and O–H groups in total. The third-order valence-corrected chi connectivity index (χ3v) is 4.20. The van der Waals surface area contributed by atoms with Gasteiger partial charge in [0, 0.05) is 12.4 Å². The molecule has 0 aliphatic heterocycles. The highest BCUT2D eigenvalue weighted by Gasteiger charge is 2.42. The van der Waals surface area contributed by atoms with Crippen LogP contribution in [0.5, 0.6) is 0 Å². The monoisotopic (exact) mass is 211 g/mol. The van der Waals surface area contributed by atoms with Crippen LogP contribution in [0.15, 0.2) is 0 Å². The second-order valence-corrected chi connectivity index (χ2v) is 5.72. The van der Waals surface area contributed by atoms with Gasteiger partial charge in [-0.1, -0.05) is 0 Å². The predicted octanol–water partition coefficient (Wildman–Crippen LogP) is 0.945. The van der Waals surface area contributed by atoms with Gasteiger partial charge in [0.25, 0.3) is 0 Å². The lowest BCUT2D eigenvalue weighted by molar-refractivity contribution is 0.535. The minimum atomic E-state index is -3.03. The van der Waals surface area contributed by atoms with E-state index in [2.05, 4.69) is 4.72 Å². The van der Waals surface area contributed by atoms with Crippen LogP contribution in [0.4, 0.5) is 0 Å². The second kappa shape index (κ2) is 3.52. The average Bonchev–Trinajstić information content (AvgIpc) is 2.82. The zero-order valence-electron chi connectivity index (χ0n) is 7.14. The molecule has 0 bridgehead atoms. The summed E-state index contributed by atoms with van der Waals surface area (Å²) in [5, 5.41) is 0. The van der Waals surface area contributed by atoms with Crippen molar-refractivity contribution in [3.05, 3.63) is 0 Å². The van der Waals surface area contributed by atoms with Gasteiger partial charge in [-0.25, -0.2) is 13.1 Å². The highest BCUT2D eigenvalue weighted by atomic mass is 35.5. The third-order valence-electron chi connectivity index (χ3n) is 2.29. The van der Waals surface area contributed by atoms with Crippen molar-refractivity contribution in [1.82, 2.24) is 4.72 Å². The van der Waals surface area contributed by atoms with Crippen molar-refractivity contribution in [3.8, 4) is 0 Å². The first kappa shape index (κ1) is 10.3. The Morgan fingerprint density at radius 1 is 1.50 bits per heavy atom. The van der Waals surface area contributed by atoms with E-state index in [1.54, 1.807) is 6.92 Å². The van der Waals surface area contributed by atoms with Gasteiger partial charge < -0.3 is 0 Å². The van der Waals surface area contributed by atoms with Crippen molar-refractivity contribution in [2.45, 2.75) is 19.8 Å². The molecule has 0 amide bonds. The van der Waals surface area contributed by atoms with Crippen LogP contribution in [0.25, 0.3) is 0 Å². The van der Waals surface area contributed by atoms with Gasteiger partial charge in [-0.2, -0.15) is 0 Å². The number of nitrogens with one attached hydrogen (secondary N) is 1. The van der Waals surface area contributed by atoms with Crippen LogP contribution >= 0.6 is 11.6 Å². The molecule has 0 aromatic rings. The van der Waals surface area contributed by atoms with Crippen molar-refractivity contribution in [2.24, 2.45) is 5.41 Å². The lowest BCUT2D eigenvalue weighted by Crippen LogP contribution is -2.32. The molecule has 0 spiro atoms. The summed E-state index contributed by atoms with van der Waals surface area (Å²) >= 11 is 5.69. The molecule has 12 heavy (non-hydrogen) atoms. The summed E-state index contributed by atoms with van der Waals surface area (Å²) in [5.74, 6) is 0.699. The molecule has 3 nitrogen and oxygen atoms in total. The molecule has 1 aliphatic carbocycles. The van der Waals surface area contributed by atoms with Crippen LogP contribution in [0, 0.1) is 5.41 Å². The van der Waals surface area contributed by atoms with E-state index in [1.807, 2.05) is 0 Å². The lowest BCUT2D eigenvalue weighted by atomic mass is 10.1. The Labute approximate surface area is 78.5 Å². The zero-order valence-corrected chi connectivity index (χ0v) is 8.71. The predicted molar refractivity (Wildman–Crippen MR) is 49.9 cm³/mol. The Bertz CT molecular complexity index is 246. The van der Waals surface area contributed by atoms with Crippen molar-refractivity contribution < 1.29 is 8.42 Å². The Morgan fingerprint density at radius 3 is 2.42 bits per heavy atom. The molecule has 0 aromatic heterocycles. The molecular weight excluding hydrogens is 198 g/mol. The van der Waals surface area contributed by atoms with Crippen molar-refractivity contribution >= 4 is 21.6 Å². The summed E-state index contributed by atoms with van der Waals surface area (Å²) in [4.78, 5) is 0. The molecule has 1 aliphatic rings. The number of hydrogen-bond donors (Lipinski definition) is 1. The minimum absolute atomic E-state index is 0.0732. The van der Waals surface area contributed by atoms with E-state index >= 15 is 0 Å². The van der Waals surface area contributed by atoms with Crippen LogP contribution < -0.4 is 4.72 Å². The number of halogens is 1. The molecule has 0 atom stereocenters. The SMILES string of the molecule is CCS(=O)(=O)NCC1(CCl)CC1. The molecule has 1 rings (SSSR count). The molecule has 0 aromatic carbocycles. The standard InChI is InChI=1S/C7H14ClNO2S/c1-2-12(10,11)9-6-7(5-8)3-4-7/h9H,2-6H2,1H3. The van der Waals surface area contributed by atoms with Crippen molar-refractivity contribution in [1.29, 1.82) is 0 Å². The van der Waals surface area contributed by atoms with Gasteiger partial charge in [-0.15, -0.1) is 11.6 Å². The first-order chi connectivity index (χ1) is 5.54. The molecule has 0 heterocycles. The quantitative estimate of drug-likeness (QED) is 0.689. The van der Waals surface area contributed by atoms with E-state index in [9.17, 15) is 8.42 Å². The van der Waals surface area contributed by atoms with Gasteiger partial charge >= 0.3 is 0 Å². The van der Waals surface area contributed by atoms with Crippen molar-refractivity contribution in [2.75, 3.05) is 18.2 Å². The molecule has 72 valence electrons. The van der Waals surface area contributed by atoms with Crippen LogP contribution in [-0.4, -0.2) is 26.6 Å². The van der Waals surface area contributed by atoms with E-state index in [0.717, 1.165) is 12.8 Å². The maximum atomic E-state index is 11.0. The van der Waals surface area contributed by atoms with Crippen LogP contribution in [0.2, 0.25) is 0 Å². The fourth-order valence-electron chi connectivity index (χ4n) is 0.900. The molecule has 0 unspecified atom stereocenters. The summed E-state index contributed by atoms with van der Waals surface area (Å²) in [5.41, 5.74) is 0.0732. The normalized spacial score (nSPS) is 20.8. The van der Waals surface area contributed by atoms with Gasteiger partial charge in [-0.05, 0) is 25.2 Å². The van der Waals surface area contributed by atoms with Gasteiger partial charge in [0.1, 0.15) is 0 Å². The average molecular weight is 212 g/mol. The minimum Gasteiger partial charge on any atom is -0.215 e. The molecule has 0 saturated heterocycles. The number of rotatable bonds is 5. The fraction of sp³-hybridized carbons (Fsp3) is 1.00. The molecule has 1 saturated carbocycles. The fourth-order valence-corrected chi connectivity index (χ4v) is 1.99. The Kier molecular flexibility index (Phi) is 3.01. The molecular formula is C7H14ClNO2S. The topological polar surface area (TPSA) is 46.2 Å². The van der Waals surface area contributed by atoms with Gasteiger partial charge in [0.15, 0.2) is 0 Å². The summed E-state index contributed by atoms with van der Waals surface area (Å²) in [6.45, 7) is 2.13. The van der Waals surface area contributed by atoms with Crippen LogP contribution in [0.1, 0.15) is 19.8 Å². The van der Waals surface area contributed by atoms with E-state index < -0.39 is 10.0 Å². The molecule has 5 heteroatoms. The summed E-state index contributed by atoms with van der Waals surface area (Å²) < 4.78 is 24.6. The third kappa shape index (κ3) is 2.61. The van der Waals surface area contributed by atoms with Crippen molar-refractivity contribution in [3.63, 3.8) is 0 Å². The molecule has 0 radical (unpaired) electrons. The van der Waals surface area contributed by atoms with E-state index in [4.69, 9.17) is 11.6 Å². The van der Waals surface area contributed by atoms with Gasteiger partial charge in [0.2, 0.25) is 10.0 Å². The number of hydrogen-bond acceptors (Lipinski definition) is 2. The lowest BCUT2D eigenvalue weighted by Gasteiger charge is -2.11. The zero-order chi connectivity index (χ0) is 9.24. The van der Waals surface area contributed by atoms with E-state index in [1.165, 1.54) is 0 Å². The summed E-state index contributed by atoms with van der Waals surface area (Å²) in [7, 11) is -3.03. The highest BCUT2D eigenvalue weighted by Crippen LogP contribution is 2.45. The first-order valence-corrected chi connectivity index (χ1v) is 6.26. The largest absolute Gasteiger partial charge is 0.215 e. The number of alkyl halides is 1. The number of sulfonamides is 1. The van der Waals surface area contributed by atoms with Crippen LogP contribution in [0.3, 0.4) is 0 Å². The smallest absolute Gasteiger partial charge is 0.211 e. The van der Waals surface area contributed by atoms with E-state index in [0.29, 0.717) is 12.4 Å².